The van der Waals surface area contributed by atoms with E-state index in [0.717, 1.165) is 6.07 Å². The number of hydrogen-bond donors (Lipinski definition) is 2. The number of nitrogens with two attached hydrogens (primary N) is 1. The number of halogens is 3. The Labute approximate surface area is 108 Å². The highest BCUT2D eigenvalue weighted by atomic mass is 19.4. The second kappa shape index (κ2) is 5.92. The minimum atomic E-state index is -4.56. The molecule has 0 aliphatic carbocycles. The Balaban J connectivity index is 3.20. The summed E-state index contributed by atoms with van der Waals surface area (Å²) >= 11 is 0. The van der Waals surface area contributed by atoms with Gasteiger partial charge in [-0.2, -0.15) is 13.2 Å². The van der Waals surface area contributed by atoms with E-state index >= 15 is 0 Å². The molecule has 1 aromatic rings. The van der Waals surface area contributed by atoms with Gasteiger partial charge in [-0.25, -0.2) is 0 Å². The van der Waals surface area contributed by atoms with Crippen LogP contribution in [0.1, 0.15) is 18.1 Å². The molecule has 0 spiro atoms. The predicted octanol–water partition coefficient (Wildman–Crippen LogP) is 1.51. The number of benzene rings is 1. The summed E-state index contributed by atoms with van der Waals surface area (Å²) in [7, 11) is 0. The largest absolute Gasteiger partial charge is 0.416 e. The van der Waals surface area contributed by atoms with Gasteiger partial charge in [0.05, 0.1) is 18.7 Å². The number of rotatable bonds is 5. The lowest BCUT2D eigenvalue weighted by Crippen LogP contribution is -2.33. The Kier molecular flexibility index (Phi) is 4.77. The van der Waals surface area contributed by atoms with E-state index in [1.165, 1.54) is 17.0 Å². The molecule has 3 N–H and O–H groups in total. The van der Waals surface area contributed by atoms with Crippen molar-refractivity contribution in [3.05, 3.63) is 29.3 Å². The summed E-state index contributed by atoms with van der Waals surface area (Å²) in [5.74, 6) is -0.623. The Bertz CT molecular complexity index is 461. The Hall–Kier alpha value is -1.76. The van der Waals surface area contributed by atoms with Crippen LogP contribution in [0.5, 0.6) is 0 Å². The van der Waals surface area contributed by atoms with Crippen molar-refractivity contribution in [1.82, 2.24) is 0 Å². The fourth-order valence-electron chi connectivity index (χ4n) is 1.74. The summed E-state index contributed by atoms with van der Waals surface area (Å²) in [4.78, 5) is 12.3. The summed E-state index contributed by atoms with van der Waals surface area (Å²) in [5, 5.41) is 8.93. The van der Waals surface area contributed by atoms with Crippen molar-refractivity contribution in [2.75, 3.05) is 18.0 Å². The number of carbonyl (C=O) groups excluding carboxylic acids is 1. The lowest BCUT2D eigenvalue weighted by molar-refractivity contribution is -0.138. The second-order valence-electron chi connectivity index (χ2n) is 3.98. The van der Waals surface area contributed by atoms with Gasteiger partial charge in [0.2, 0.25) is 5.91 Å². The third kappa shape index (κ3) is 3.85. The van der Waals surface area contributed by atoms with Crippen LogP contribution in [0, 0.1) is 0 Å². The molecule has 0 saturated carbocycles. The van der Waals surface area contributed by atoms with E-state index in [4.69, 9.17) is 10.8 Å². The maximum Gasteiger partial charge on any atom is 0.416 e. The third-order valence-corrected chi connectivity index (χ3v) is 2.66. The number of aliphatic hydroxyl groups is 1. The van der Waals surface area contributed by atoms with E-state index in [9.17, 15) is 18.0 Å². The van der Waals surface area contributed by atoms with Crippen LogP contribution < -0.4 is 10.6 Å². The first-order chi connectivity index (χ1) is 8.79. The van der Waals surface area contributed by atoms with E-state index in [0.29, 0.717) is 6.54 Å². The molecule has 19 heavy (non-hydrogen) atoms. The van der Waals surface area contributed by atoms with E-state index in [1.807, 2.05) is 0 Å². The van der Waals surface area contributed by atoms with Crippen LogP contribution in [0.4, 0.5) is 18.9 Å². The van der Waals surface area contributed by atoms with Crippen LogP contribution in [0.3, 0.4) is 0 Å². The predicted molar refractivity (Wildman–Crippen MR) is 64.4 cm³/mol. The number of anilines is 1. The summed E-state index contributed by atoms with van der Waals surface area (Å²) in [6, 6.07) is 3.53. The maximum absolute atomic E-state index is 12.8. The van der Waals surface area contributed by atoms with Crippen LogP contribution in [0.25, 0.3) is 0 Å². The van der Waals surface area contributed by atoms with E-state index in [-0.39, 0.29) is 17.8 Å². The molecule has 0 heterocycles. The molecule has 1 amide bonds. The van der Waals surface area contributed by atoms with Crippen LogP contribution >= 0.6 is 0 Å². The molecule has 0 atom stereocenters. The molecule has 7 heteroatoms. The Morgan fingerprint density at radius 3 is 2.47 bits per heavy atom. The zero-order chi connectivity index (χ0) is 14.6. The van der Waals surface area contributed by atoms with Crippen molar-refractivity contribution in [1.29, 1.82) is 0 Å². The number of hydrogen-bond acceptors (Lipinski definition) is 3. The van der Waals surface area contributed by atoms with Crippen molar-refractivity contribution in [3.63, 3.8) is 0 Å². The quantitative estimate of drug-likeness (QED) is 0.856. The molecule has 0 bridgehead atoms. The molecule has 0 saturated heterocycles. The smallest absolute Gasteiger partial charge is 0.392 e. The summed E-state index contributed by atoms with van der Waals surface area (Å²) < 4.78 is 38.5. The molecular formula is C12H15F3N2O2. The van der Waals surface area contributed by atoms with Gasteiger partial charge < -0.3 is 15.7 Å². The fraction of sp³-hybridized carbons (Fsp3) is 0.417. The van der Waals surface area contributed by atoms with E-state index < -0.39 is 24.3 Å². The van der Waals surface area contributed by atoms with Gasteiger partial charge in [0.25, 0.3) is 0 Å². The van der Waals surface area contributed by atoms with Gasteiger partial charge in [0.15, 0.2) is 0 Å². The zero-order valence-corrected chi connectivity index (χ0v) is 10.4. The number of alkyl halides is 3. The van der Waals surface area contributed by atoms with Crippen molar-refractivity contribution < 1.29 is 23.1 Å². The first-order valence-electron chi connectivity index (χ1n) is 5.63. The monoisotopic (exact) mass is 276 g/mol. The highest BCUT2D eigenvalue weighted by molar-refractivity contribution is 5.79. The van der Waals surface area contributed by atoms with Crippen molar-refractivity contribution >= 4 is 11.6 Å². The van der Waals surface area contributed by atoms with Crippen LogP contribution in [0.15, 0.2) is 18.2 Å². The average molecular weight is 276 g/mol. The molecule has 0 aromatic heterocycles. The molecular weight excluding hydrogens is 261 g/mol. The van der Waals surface area contributed by atoms with Gasteiger partial charge in [0, 0.05) is 12.2 Å². The topological polar surface area (TPSA) is 66.6 Å². The number of aliphatic hydroxyl groups excluding tert-OH is 1. The Morgan fingerprint density at radius 1 is 1.42 bits per heavy atom. The number of likely N-dealkylation sites (N-methyl/N-ethyl adjacent to an activating group) is 1. The molecule has 1 rings (SSSR count). The number of carbonyl (C=O) groups is 1. The molecule has 4 nitrogen and oxygen atoms in total. The standard InChI is InChI=1S/C12H15F3N2O2/c1-2-17(6-11(16)19)9-4-3-8(7-18)10(5-9)12(13,14)15/h3-5,18H,2,6-7H2,1H3,(H2,16,19). The highest BCUT2D eigenvalue weighted by Gasteiger charge is 2.33. The highest BCUT2D eigenvalue weighted by Crippen LogP contribution is 2.34. The normalized spacial score (nSPS) is 11.4. The summed E-state index contributed by atoms with van der Waals surface area (Å²) in [5.41, 5.74) is 4.18. The van der Waals surface area contributed by atoms with Crippen molar-refractivity contribution in [3.8, 4) is 0 Å². The molecule has 0 fully saturated rings. The number of nitrogens with zero attached hydrogens (tertiary/aromatic N) is 1. The first kappa shape index (κ1) is 15.3. The van der Waals surface area contributed by atoms with Gasteiger partial charge in [-0.15, -0.1) is 0 Å². The zero-order valence-electron chi connectivity index (χ0n) is 10.4. The lowest BCUT2D eigenvalue weighted by Gasteiger charge is -2.23. The second-order valence-corrected chi connectivity index (χ2v) is 3.98. The SMILES string of the molecule is CCN(CC(N)=O)c1ccc(CO)c(C(F)(F)F)c1. The van der Waals surface area contributed by atoms with Crippen LogP contribution in [-0.4, -0.2) is 24.1 Å². The number of amides is 1. The van der Waals surface area contributed by atoms with Gasteiger partial charge in [-0.3, -0.25) is 4.79 Å². The molecule has 1 aromatic carbocycles. The van der Waals surface area contributed by atoms with Gasteiger partial charge in [0.1, 0.15) is 0 Å². The van der Waals surface area contributed by atoms with Crippen molar-refractivity contribution in [2.45, 2.75) is 19.7 Å². The first-order valence-corrected chi connectivity index (χ1v) is 5.63. The van der Waals surface area contributed by atoms with Crippen LogP contribution in [0.2, 0.25) is 0 Å². The van der Waals surface area contributed by atoms with Crippen LogP contribution in [-0.2, 0) is 17.6 Å². The maximum atomic E-state index is 12.8. The molecule has 106 valence electrons. The average Bonchev–Trinajstić information content (AvgIpc) is 2.34. The lowest BCUT2D eigenvalue weighted by atomic mass is 10.1. The minimum absolute atomic E-state index is 0.160. The molecule has 0 unspecified atom stereocenters. The Morgan fingerprint density at radius 2 is 2.05 bits per heavy atom. The summed E-state index contributed by atoms with van der Waals surface area (Å²) in [6.45, 7) is 1.19. The third-order valence-electron chi connectivity index (χ3n) is 2.66. The van der Waals surface area contributed by atoms with Gasteiger partial charge >= 0.3 is 6.18 Å². The number of primary amides is 1. The van der Waals surface area contributed by atoms with E-state index in [1.54, 1.807) is 6.92 Å². The van der Waals surface area contributed by atoms with E-state index in [2.05, 4.69) is 0 Å². The molecule has 0 aliphatic rings. The fourth-order valence-corrected chi connectivity index (χ4v) is 1.74. The molecule has 0 radical (unpaired) electrons. The van der Waals surface area contributed by atoms with Gasteiger partial charge in [-0.05, 0) is 24.6 Å². The summed E-state index contributed by atoms with van der Waals surface area (Å²) in [6.07, 6.45) is -4.56. The van der Waals surface area contributed by atoms with Gasteiger partial charge in [-0.1, -0.05) is 6.07 Å². The minimum Gasteiger partial charge on any atom is -0.392 e. The van der Waals surface area contributed by atoms with Crippen molar-refractivity contribution in [2.24, 2.45) is 5.73 Å². The molecule has 0 aliphatic heterocycles.